The summed E-state index contributed by atoms with van der Waals surface area (Å²) in [5.74, 6) is -0.958. The second-order valence-electron chi connectivity index (χ2n) is 16.3. The summed E-state index contributed by atoms with van der Waals surface area (Å²) in [5.41, 5.74) is 4.55. The third-order valence-corrected chi connectivity index (χ3v) is 9.82. The van der Waals surface area contributed by atoms with Crippen LogP contribution in [0.15, 0.2) is 103 Å². The van der Waals surface area contributed by atoms with Crippen LogP contribution in [-0.4, -0.2) is 72.8 Å². The Kier molecular flexibility index (Phi) is 16.1. The van der Waals surface area contributed by atoms with Gasteiger partial charge in [-0.1, -0.05) is 98.8 Å². The van der Waals surface area contributed by atoms with Crippen molar-refractivity contribution in [2.24, 2.45) is 5.92 Å². The van der Waals surface area contributed by atoms with E-state index in [2.05, 4.69) is 26.3 Å². The van der Waals surface area contributed by atoms with E-state index in [9.17, 15) is 24.0 Å². The quantitative estimate of drug-likeness (QED) is 0.0452. The minimum Gasteiger partial charge on any atom is -0.488 e. The van der Waals surface area contributed by atoms with Crippen LogP contribution in [0, 0.1) is 5.92 Å². The minimum absolute atomic E-state index is 0.0262. The highest BCUT2D eigenvalue weighted by molar-refractivity contribution is 5.98. The van der Waals surface area contributed by atoms with E-state index in [0.29, 0.717) is 23.3 Å². The molecule has 1 heterocycles. The standard InChI is InChI=1S/C48H57N5O9/c1-30(2)23-40(45(56)59-7)51-44(55)38(53-47(58)62-48(3,4)5)25-33-21-22-41(60-28-31-15-10-8-11-16-31)37(24-33)36-20-14-19-35-34(27-50-42(35)36)26-39(43(54)49-6)52-46(57)61-29-32-17-12-9-13-18-32/h8-22,24,27,30,38-40,50H,23,25-26,28-29H2,1-7H3,(H,49,54)(H,51,55)(H,52,57)(H,53,58)/t38-,39-,40-/m0/s1. The Morgan fingerprint density at radius 3 is 1.95 bits per heavy atom. The number of fused-ring (bicyclic) bond motifs is 1. The molecule has 14 heteroatoms. The molecule has 4 amide bonds. The van der Waals surface area contributed by atoms with E-state index < -0.39 is 53.7 Å². The Morgan fingerprint density at radius 1 is 0.677 bits per heavy atom. The molecule has 0 aliphatic heterocycles. The Bertz CT molecular complexity index is 2300. The van der Waals surface area contributed by atoms with Gasteiger partial charge in [0.05, 0.1) is 12.6 Å². The van der Waals surface area contributed by atoms with E-state index >= 15 is 0 Å². The maximum Gasteiger partial charge on any atom is 0.408 e. The molecule has 1 aromatic heterocycles. The molecular weight excluding hydrogens is 791 g/mol. The van der Waals surface area contributed by atoms with Crippen LogP contribution < -0.4 is 26.0 Å². The monoisotopic (exact) mass is 847 g/mol. The molecule has 5 N–H and O–H groups in total. The molecular formula is C48H57N5O9. The van der Waals surface area contributed by atoms with Crippen molar-refractivity contribution in [3.63, 3.8) is 0 Å². The molecule has 14 nitrogen and oxygen atoms in total. The van der Waals surface area contributed by atoms with Crippen LogP contribution in [0.5, 0.6) is 5.75 Å². The van der Waals surface area contributed by atoms with Crippen LogP contribution in [0.2, 0.25) is 0 Å². The fraction of sp³-hybridized carbons (Fsp3) is 0.354. The van der Waals surface area contributed by atoms with Crippen molar-refractivity contribution in [2.75, 3.05) is 14.2 Å². The van der Waals surface area contributed by atoms with Crippen LogP contribution in [0.1, 0.15) is 63.3 Å². The van der Waals surface area contributed by atoms with Gasteiger partial charge in [-0.3, -0.25) is 9.59 Å². The van der Waals surface area contributed by atoms with Gasteiger partial charge < -0.3 is 45.2 Å². The summed E-state index contributed by atoms with van der Waals surface area (Å²) in [6.07, 6.45) is 0.784. The number of carbonyl (C=O) groups excluding carboxylic acids is 5. The molecule has 0 saturated heterocycles. The van der Waals surface area contributed by atoms with Gasteiger partial charge in [-0.2, -0.15) is 0 Å². The predicted octanol–water partition coefficient (Wildman–Crippen LogP) is 7.14. The first-order valence-corrected chi connectivity index (χ1v) is 20.6. The molecule has 0 aliphatic carbocycles. The third-order valence-electron chi connectivity index (χ3n) is 9.82. The van der Waals surface area contributed by atoms with Crippen LogP contribution in [-0.2, 0) is 54.6 Å². The highest BCUT2D eigenvalue weighted by Crippen LogP contribution is 2.37. The molecule has 0 saturated carbocycles. The van der Waals surface area contributed by atoms with Crippen LogP contribution >= 0.6 is 0 Å². The predicted molar refractivity (Wildman–Crippen MR) is 236 cm³/mol. The maximum atomic E-state index is 14.0. The Balaban J connectivity index is 1.49. The third kappa shape index (κ3) is 13.3. The van der Waals surface area contributed by atoms with Gasteiger partial charge in [0.25, 0.3) is 0 Å². The first kappa shape index (κ1) is 46.2. The van der Waals surface area contributed by atoms with Crippen molar-refractivity contribution in [1.29, 1.82) is 0 Å². The van der Waals surface area contributed by atoms with E-state index in [0.717, 1.165) is 33.2 Å². The number of methoxy groups -OCH3 is 1. The summed E-state index contributed by atoms with van der Waals surface area (Å²) in [5, 5.41) is 11.7. The fourth-order valence-electron chi connectivity index (χ4n) is 6.89. The first-order chi connectivity index (χ1) is 29.6. The largest absolute Gasteiger partial charge is 0.488 e. The SMILES string of the molecule is CNC(=O)[C@H](Cc1c[nH]c2c(-c3cc(C[C@H](NC(=O)OC(C)(C)C)C(=O)N[C@@H](CC(C)C)C(=O)OC)ccc3OCc3ccccc3)cccc12)NC(=O)OCc1ccccc1. The molecule has 3 atom stereocenters. The second kappa shape index (κ2) is 21.6. The van der Waals surface area contributed by atoms with E-state index in [4.69, 9.17) is 18.9 Å². The lowest BCUT2D eigenvalue weighted by molar-refractivity contribution is -0.145. The number of alkyl carbamates (subject to hydrolysis) is 2. The summed E-state index contributed by atoms with van der Waals surface area (Å²) < 4.78 is 22.4. The Hall–Kier alpha value is -6.83. The number of esters is 1. The zero-order valence-corrected chi connectivity index (χ0v) is 36.3. The summed E-state index contributed by atoms with van der Waals surface area (Å²) in [6.45, 7) is 9.34. The van der Waals surface area contributed by atoms with Crippen molar-refractivity contribution >= 4 is 40.9 Å². The number of hydrogen-bond acceptors (Lipinski definition) is 9. The lowest BCUT2D eigenvalue weighted by Crippen LogP contribution is -2.53. The molecule has 0 aliphatic rings. The number of amides is 4. The normalized spacial score (nSPS) is 12.7. The highest BCUT2D eigenvalue weighted by atomic mass is 16.6. The van der Waals surface area contributed by atoms with E-state index in [1.807, 2.05) is 111 Å². The lowest BCUT2D eigenvalue weighted by Gasteiger charge is -2.25. The molecule has 0 unspecified atom stereocenters. The zero-order chi connectivity index (χ0) is 44.8. The number of benzene rings is 4. The number of carbonyl (C=O) groups is 5. The van der Waals surface area contributed by atoms with Crippen LogP contribution in [0.25, 0.3) is 22.0 Å². The summed E-state index contributed by atoms with van der Waals surface area (Å²) in [4.78, 5) is 69.1. The van der Waals surface area contributed by atoms with Gasteiger partial charge in [-0.15, -0.1) is 0 Å². The summed E-state index contributed by atoms with van der Waals surface area (Å²) in [6, 6.07) is 27.2. The number of likely N-dealkylation sites (N-methyl/N-ethyl adjacent to an activating group) is 1. The minimum atomic E-state index is -1.14. The summed E-state index contributed by atoms with van der Waals surface area (Å²) in [7, 11) is 2.76. The molecule has 5 rings (SSSR count). The van der Waals surface area contributed by atoms with Crippen molar-refractivity contribution in [2.45, 2.75) is 90.8 Å². The van der Waals surface area contributed by atoms with Gasteiger partial charge in [0.1, 0.15) is 42.7 Å². The molecule has 62 heavy (non-hydrogen) atoms. The Morgan fingerprint density at radius 2 is 1.32 bits per heavy atom. The van der Waals surface area contributed by atoms with Crippen molar-refractivity contribution in [1.82, 2.24) is 26.3 Å². The topological polar surface area (TPSA) is 186 Å². The molecule has 5 aromatic rings. The second-order valence-corrected chi connectivity index (χ2v) is 16.3. The van der Waals surface area contributed by atoms with Crippen molar-refractivity contribution < 1.29 is 42.9 Å². The van der Waals surface area contributed by atoms with E-state index in [1.165, 1.54) is 14.2 Å². The van der Waals surface area contributed by atoms with Gasteiger partial charge in [0.2, 0.25) is 11.8 Å². The Labute approximate surface area is 362 Å². The molecule has 0 bridgehead atoms. The smallest absolute Gasteiger partial charge is 0.408 e. The molecule has 0 spiro atoms. The van der Waals surface area contributed by atoms with Gasteiger partial charge >= 0.3 is 18.2 Å². The molecule has 328 valence electrons. The van der Waals surface area contributed by atoms with Gasteiger partial charge in [0.15, 0.2) is 0 Å². The summed E-state index contributed by atoms with van der Waals surface area (Å²) >= 11 is 0. The van der Waals surface area contributed by atoms with E-state index in [-0.39, 0.29) is 32.0 Å². The van der Waals surface area contributed by atoms with E-state index in [1.54, 1.807) is 27.0 Å². The van der Waals surface area contributed by atoms with Crippen LogP contribution in [0.3, 0.4) is 0 Å². The van der Waals surface area contributed by atoms with Crippen molar-refractivity contribution in [3.05, 3.63) is 126 Å². The number of nitrogens with one attached hydrogen (secondary N) is 5. The van der Waals surface area contributed by atoms with Crippen molar-refractivity contribution in [3.8, 4) is 16.9 Å². The molecule has 0 radical (unpaired) electrons. The maximum absolute atomic E-state index is 14.0. The number of ether oxygens (including phenoxy) is 4. The average molecular weight is 848 g/mol. The molecule has 0 fully saturated rings. The lowest BCUT2D eigenvalue weighted by atomic mass is 9.95. The zero-order valence-electron chi connectivity index (χ0n) is 36.3. The fourth-order valence-corrected chi connectivity index (χ4v) is 6.89. The number of para-hydroxylation sites is 1. The van der Waals surface area contributed by atoms with Gasteiger partial charge in [0, 0.05) is 42.6 Å². The van der Waals surface area contributed by atoms with Gasteiger partial charge in [-0.25, -0.2) is 14.4 Å². The number of aromatic nitrogens is 1. The number of hydrogen-bond donors (Lipinski definition) is 5. The number of rotatable bonds is 18. The average Bonchev–Trinajstić information content (AvgIpc) is 3.66. The molecule has 4 aromatic carbocycles. The number of H-pyrrole nitrogens is 1. The highest BCUT2D eigenvalue weighted by Gasteiger charge is 2.30. The van der Waals surface area contributed by atoms with Crippen LogP contribution in [0.4, 0.5) is 9.59 Å². The van der Waals surface area contributed by atoms with Gasteiger partial charge in [-0.05, 0) is 67.5 Å². The first-order valence-electron chi connectivity index (χ1n) is 20.6. The number of aromatic amines is 1.